The molecule has 168 valence electrons. The van der Waals surface area contributed by atoms with Gasteiger partial charge in [-0.2, -0.15) is 0 Å². The van der Waals surface area contributed by atoms with Crippen LogP contribution in [0.5, 0.6) is 0 Å². The van der Waals surface area contributed by atoms with Gasteiger partial charge in [-0.25, -0.2) is 4.79 Å². The summed E-state index contributed by atoms with van der Waals surface area (Å²) in [5.74, 6) is 0.0189. The Hall–Kier alpha value is -3.62. The van der Waals surface area contributed by atoms with Crippen LogP contribution in [0.1, 0.15) is 35.7 Å². The number of hydrogen-bond donors (Lipinski definition) is 1. The van der Waals surface area contributed by atoms with E-state index in [1.54, 1.807) is 30.3 Å². The molecule has 2 aliphatic rings. The minimum Gasteiger partial charge on any atom is -0.447 e. The van der Waals surface area contributed by atoms with Crippen molar-refractivity contribution in [3.63, 3.8) is 0 Å². The van der Waals surface area contributed by atoms with Gasteiger partial charge in [0.15, 0.2) is 0 Å². The van der Waals surface area contributed by atoms with Crippen molar-refractivity contribution < 1.29 is 19.2 Å². The highest BCUT2D eigenvalue weighted by Crippen LogP contribution is 2.33. The summed E-state index contributed by atoms with van der Waals surface area (Å²) in [6.45, 7) is 6.26. The molecule has 0 spiro atoms. The van der Waals surface area contributed by atoms with E-state index in [0.29, 0.717) is 36.1 Å². The fourth-order valence-electron chi connectivity index (χ4n) is 4.22. The molecule has 2 fully saturated rings. The highest BCUT2D eigenvalue weighted by Gasteiger charge is 2.26. The highest BCUT2D eigenvalue weighted by molar-refractivity contribution is 6.06. The van der Waals surface area contributed by atoms with Crippen LogP contribution in [-0.2, 0) is 4.74 Å². The van der Waals surface area contributed by atoms with Gasteiger partial charge in [-0.05, 0) is 55.5 Å². The smallest absolute Gasteiger partial charge is 0.414 e. The number of nitrogens with zero attached hydrogens (tertiary/aromatic N) is 3. The molecular weight excluding hydrogens is 412 g/mol. The third-order valence-corrected chi connectivity index (χ3v) is 5.97. The molecule has 2 amide bonds. The number of nitro benzene ring substituents is 1. The molecule has 4 rings (SSSR count). The lowest BCUT2D eigenvalue weighted by atomic mass is 9.99. The Morgan fingerprint density at radius 1 is 1.22 bits per heavy atom. The molecule has 0 aliphatic carbocycles. The number of aryl methyl sites for hydroxylation is 1. The van der Waals surface area contributed by atoms with Gasteiger partial charge in [0.05, 0.1) is 11.5 Å². The van der Waals surface area contributed by atoms with E-state index in [9.17, 15) is 19.7 Å². The lowest BCUT2D eigenvalue weighted by Gasteiger charge is -2.32. The maximum atomic E-state index is 12.9. The zero-order chi connectivity index (χ0) is 22.8. The number of nitro groups is 1. The Balaban J connectivity index is 1.58. The van der Waals surface area contributed by atoms with E-state index in [2.05, 4.69) is 12.2 Å². The number of benzene rings is 2. The summed E-state index contributed by atoms with van der Waals surface area (Å²) in [6.07, 6.45) is 1.67. The van der Waals surface area contributed by atoms with Crippen LogP contribution in [-0.4, -0.2) is 43.2 Å². The van der Waals surface area contributed by atoms with E-state index < -0.39 is 16.9 Å². The van der Waals surface area contributed by atoms with Crippen molar-refractivity contribution in [2.45, 2.75) is 26.7 Å². The molecule has 0 unspecified atom stereocenters. The third kappa shape index (κ3) is 4.37. The standard InChI is InChI=1S/C23H26N4O5/c1-15-4-3-9-25(14-15)20-8-6-17(12-21(20)27(30)31)22(28)24-19-13-18(7-5-16(19)2)26-10-11-32-23(26)29/h5-8,12-13,15H,3-4,9-11,14H2,1-2H3,(H,24,28)/t15-/m1/s1. The predicted molar refractivity (Wildman–Crippen MR) is 122 cm³/mol. The van der Waals surface area contributed by atoms with Crippen LogP contribution in [0.3, 0.4) is 0 Å². The van der Waals surface area contributed by atoms with E-state index in [-0.39, 0.29) is 11.3 Å². The van der Waals surface area contributed by atoms with Gasteiger partial charge in [0.1, 0.15) is 12.3 Å². The first-order chi connectivity index (χ1) is 15.3. The summed E-state index contributed by atoms with van der Waals surface area (Å²) in [5, 5.41) is 14.6. The van der Waals surface area contributed by atoms with Crippen molar-refractivity contribution in [3.05, 3.63) is 57.6 Å². The Bertz CT molecular complexity index is 1070. The summed E-state index contributed by atoms with van der Waals surface area (Å²) in [7, 11) is 0. The van der Waals surface area contributed by atoms with Gasteiger partial charge in [-0.1, -0.05) is 13.0 Å². The van der Waals surface area contributed by atoms with Crippen molar-refractivity contribution in [2.24, 2.45) is 5.92 Å². The van der Waals surface area contributed by atoms with Crippen LogP contribution < -0.4 is 15.1 Å². The maximum absolute atomic E-state index is 12.9. The molecule has 0 bridgehead atoms. The number of ether oxygens (including phenoxy) is 1. The van der Waals surface area contributed by atoms with Crippen molar-refractivity contribution in [2.75, 3.05) is 41.4 Å². The highest BCUT2D eigenvalue weighted by atomic mass is 16.6. The van der Waals surface area contributed by atoms with Gasteiger partial charge >= 0.3 is 6.09 Å². The number of rotatable bonds is 5. The van der Waals surface area contributed by atoms with E-state index >= 15 is 0 Å². The van der Waals surface area contributed by atoms with Crippen LogP contribution in [0.25, 0.3) is 0 Å². The maximum Gasteiger partial charge on any atom is 0.414 e. The molecule has 0 radical (unpaired) electrons. The molecule has 0 aromatic heterocycles. The number of nitrogens with one attached hydrogen (secondary N) is 1. The largest absolute Gasteiger partial charge is 0.447 e. The Labute approximate surface area is 186 Å². The number of carbonyl (C=O) groups is 2. The van der Waals surface area contributed by atoms with Crippen molar-refractivity contribution in [1.29, 1.82) is 0 Å². The normalized spacial score (nSPS) is 18.4. The second-order valence-corrected chi connectivity index (χ2v) is 8.37. The summed E-state index contributed by atoms with van der Waals surface area (Å²) >= 11 is 0. The van der Waals surface area contributed by atoms with Crippen LogP contribution in [0.15, 0.2) is 36.4 Å². The zero-order valence-electron chi connectivity index (χ0n) is 18.2. The molecule has 1 atom stereocenters. The first-order valence-corrected chi connectivity index (χ1v) is 10.7. The van der Waals surface area contributed by atoms with Crippen LogP contribution in [0.2, 0.25) is 0 Å². The third-order valence-electron chi connectivity index (χ3n) is 5.97. The van der Waals surface area contributed by atoms with Crippen molar-refractivity contribution >= 4 is 34.7 Å². The minimum absolute atomic E-state index is 0.0722. The van der Waals surface area contributed by atoms with Crippen LogP contribution in [0, 0.1) is 23.0 Å². The fourth-order valence-corrected chi connectivity index (χ4v) is 4.22. The summed E-state index contributed by atoms with van der Waals surface area (Å²) in [5.41, 5.74) is 2.64. The number of anilines is 3. The predicted octanol–water partition coefficient (Wildman–Crippen LogP) is 4.35. The van der Waals surface area contributed by atoms with E-state index in [1.807, 2.05) is 11.8 Å². The van der Waals surface area contributed by atoms with Crippen LogP contribution >= 0.6 is 0 Å². The first-order valence-electron chi connectivity index (χ1n) is 10.7. The molecule has 2 saturated heterocycles. The average molecular weight is 438 g/mol. The number of amides is 2. The SMILES string of the molecule is Cc1ccc(N2CCOC2=O)cc1NC(=O)c1ccc(N2CCC[C@@H](C)C2)c([N+](=O)[O-])c1. The molecule has 9 nitrogen and oxygen atoms in total. The van der Waals surface area contributed by atoms with Crippen LogP contribution in [0.4, 0.5) is 27.5 Å². The van der Waals surface area contributed by atoms with Crippen molar-refractivity contribution in [3.8, 4) is 0 Å². The van der Waals surface area contributed by atoms with Crippen molar-refractivity contribution in [1.82, 2.24) is 0 Å². The second kappa shape index (κ2) is 8.86. The van der Waals surface area contributed by atoms with Gasteiger partial charge in [0.2, 0.25) is 0 Å². The second-order valence-electron chi connectivity index (χ2n) is 8.37. The van der Waals surface area contributed by atoms with E-state index in [1.165, 1.54) is 11.0 Å². The van der Waals surface area contributed by atoms with Gasteiger partial charge in [-0.3, -0.25) is 19.8 Å². The molecule has 32 heavy (non-hydrogen) atoms. The zero-order valence-corrected chi connectivity index (χ0v) is 18.2. The number of piperidine rings is 1. The first kappa shape index (κ1) is 21.6. The average Bonchev–Trinajstić information content (AvgIpc) is 3.20. The number of carbonyl (C=O) groups excluding carboxylic acids is 2. The van der Waals surface area contributed by atoms with E-state index in [0.717, 1.165) is 31.5 Å². The molecule has 0 saturated carbocycles. The Morgan fingerprint density at radius 3 is 2.72 bits per heavy atom. The minimum atomic E-state index is -0.448. The lowest BCUT2D eigenvalue weighted by Crippen LogP contribution is -2.34. The van der Waals surface area contributed by atoms with Gasteiger partial charge in [-0.15, -0.1) is 0 Å². The Morgan fingerprint density at radius 2 is 2.03 bits per heavy atom. The molecule has 1 N–H and O–H groups in total. The number of cyclic esters (lactones) is 1. The van der Waals surface area contributed by atoms with Gasteiger partial charge < -0.3 is 15.0 Å². The summed E-state index contributed by atoms with van der Waals surface area (Å²) in [4.78, 5) is 39.6. The molecule has 9 heteroatoms. The summed E-state index contributed by atoms with van der Waals surface area (Å²) < 4.78 is 4.98. The van der Waals surface area contributed by atoms with E-state index in [4.69, 9.17) is 4.74 Å². The van der Waals surface area contributed by atoms with Gasteiger partial charge in [0, 0.05) is 36.1 Å². The molecular formula is C23H26N4O5. The summed E-state index contributed by atoms with van der Waals surface area (Å²) in [6, 6.07) is 9.91. The lowest BCUT2D eigenvalue weighted by molar-refractivity contribution is -0.384. The molecule has 2 aromatic carbocycles. The van der Waals surface area contributed by atoms with Gasteiger partial charge in [0.25, 0.3) is 11.6 Å². The number of hydrogen-bond acceptors (Lipinski definition) is 6. The topological polar surface area (TPSA) is 105 Å². The quantitative estimate of drug-likeness (QED) is 0.550. The molecule has 2 aromatic rings. The molecule has 2 aliphatic heterocycles. The fraction of sp³-hybridized carbons (Fsp3) is 0.391. The monoisotopic (exact) mass is 438 g/mol. The molecule has 2 heterocycles. The Kier molecular flexibility index (Phi) is 5.98.